The van der Waals surface area contributed by atoms with Gasteiger partial charge < -0.3 is 14.4 Å². The summed E-state index contributed by atoms with van der Waals surface area (Å²) in [5.41, 5.74) is 0. The van der Waals surface area contributed by atoms with Crippen LogP contribution in [0, 0.1) is 6.92 Å². The second-order valence-corrected chi connectivity index (χ2v) is 6.74. The highest BCUT2D eigenvalue weighted by Crippen LogP contribution is 2.25. The SMILES string of the molecule is Cc1cc(NC(=O)[C@H](C)Sc2nnc3n2CCCCC3)no1. The Kier molecular flexibility index (Phi) is 4.47. The van der Waals surface area contributed by atoms with Crippen molar-refractivity contribution in [1.82, 2.24) is 19.9 Å². The summed E-state index contributed by atoms with van der Waals surface area (Å²) in [5, 5.41) is 15.5. The Bertz CT molecular complexity index is 666. The molecule has 118 valence electrons. The zero-order valence-electron chi connectivity index (χ0n) is 12.7. The average Bonchev–Trinajstić information content (AvgIpc) is 2.98. The summed E-state index contributed by atoms with van der Waals surface area (Å²) in [4.78, 5) is 12.2. The van der Waals surface area contributed by atoms with Crippen LogP contribution in [0.15, 0.2) is 15.7 Å². The van der Waals surface area contributed by atoms with Gasteiger partial charge in [-0.25, -0.2) is 0 Å². The van der Waals surface area contributed by atoms with E-state index in [0.29, 0.717) is 11.6 Å². The van der Waals surface area contributed by atoms with Crippen LogP contribution < -0.4 is 5.32 Å². The Hall–Kier alpha value is -1.83. The zero-order valence-corrected chi connectivity index (χ0v) is 13.5. The van der Waals surface area contributed by atoms with E-state index in [1.54, 1.807) is 13.0 Å². The van der Waals surface area contributed by atoms with Gasteiger partial charge in [0.25, 0.3) is 0 Å². The van der Waals surface area contributed by atoms with Gasteiger partial charge in [0.2, 0.25) is 5.91 Å². The highest BCUT2D eigenvalue weighted by molar-refractivity contribution is 8.00. The van der Waals surface area contributed by atoms with Crippen molar-refractivity contribution in [2.24, 2.45) is 0 Å². The summed E-state index contributed by atoms with van der Waals surface area (Å²) in [6, 6.07) is 1.69. The maximum absolute atomic E-state index is 12.2. The van der Waals surface area contributed by atoms with Crippen LogP contribution in [0.4, 0.5) is 5.82 Å². The Labute approximate surface area is 132 Å². The highest BCUT2D eigenvalue weighted by atomic mass is 32.2. The van der Waals surface area contributed by atoms with Gasteiger partial charge in [-0.2, -0.15) is 0 Å². The number of aromatic nitrogens is 4. The molecule has 2 aromatic heterocycles. The van der Waals surface area contributed by atoms with E-state index >= 15 is 0 Å². The summed E-state index contributed by atoms with van der Waals surface area (Å²) in [6.07, 6.45) is 4.48. The molecule has 3 rings (SSSR count). The summed E-state index contributed by atoms with van der Waals surface area (Å²) >= 11 is 1.43. The maximum Gasteiger partial charge on any atom is 0.238 e. The molecule has 1 atom stereocenters. The molecule has 0 unspecified atom stereocenters. The molecular weight excluding hydrogens is 302 g/mol. The van der Waals surface area contributed by atoms with E-state index in [1.165, 1.54) is 18.2 Å². The molecule has 0 saturated carbocycles. The number of hydrogen-bond acceptors (Lipinski definition) is 6. The van der Waals surface area contributed by atoms with Crippen molar-refractivity contribution in [3.63, 3.8) is 0 Å². The number of fused-ring (bicyclic) bond motifs is 1. The molecule has 8 heteroatoms. The van der Waals surface area contributed by atoms with Crippen LogP contribution >= 0.6 is 11.8 Å². The fraction of sp³-hybridized carbons (Fsp3) is 0.571. The number of rotatable bonds is 4. The minimum atomic E-state index is -0.284. The lowest BCUT2D eigenvalue weighted by Gasteiger charge is -2.11. The molecule has 2 aromatic rings. The molecule has 1 N–H and O–H groups in total. The van der Waals surface area contributed by atoms with Gasteiger partial charge in [-0.3, -0.25) is 4.79 Å². The van der Waals surface area contributed by atoms with Crippen LogP contribution in [0.5, 0.6) is 0 Å². The van der Waals surface area contributed by atoms with Gasteiger partial charge >= 0.3 is 0 Å². The summed E-state index contributed by atoms with van der Waals surface area (Å²) in [5.74, 6) is 2.01. The molecule has 3 heterocycles. The quantitative estimate of drug-likeness (QED) is 0.870. The molecule has 7 nitrogen and oxygen atoms in total. The third-order valence-corrected chi connectivity index (χ3v) is 4.69. The van der Waals surface area contributed by atoms with Gasteiger partial charge in [-0.15, -0.1) is 10.2 Å². The lowest BCUT2D eigenvalue weighted by atomic mass is 10.2. The predicted molar refractivity (Wildman–Crippen MR) is 82.8 cm³/mol. The fourth-order valence-corrected chi connectivity index (χ4v) is 3.30. The van der Waals surface area contributed by atoms with E-state index in [9.17, 15) is 4.79 Å². The highest BCUT2D eigenvalue weighted by Gasteiger charge is 2.21. The van der Waals surface area contributed by atoms with E-state index in [-0.39, 0.29) is 11.2 Å². The first kappa shape index (κ1) is 15.1. The molecule has 0 aliphatic carbocycles. The third-order valence-electron chi connectivity index (χ3n) is 3.61. The van der Waals surface area contributed by atoms with E-state index in [1.807, 2.05) is 6.92 Å². The van der Waals surface area contributed by atoms with Crippen LogP contribution in [0.3, 0.4) is 0 Å². The molecule has 0 fully saturated rings. The fourth-order valence-electron chi connectivity index (χ4n) is 2.41. The third kappa shape index (κ3) is 3.32. The monoisotopic (exact) mass is 321 g/mol. The Balaban J connectivity index is 1.65. The van der Waals surface area contributed by atoms with E-state index < -0.39 is 0 Å². The second kappa shape index (κ2) is 6.51. The van der Waals surface area contributed by atoms with Crippen LogP contribution in [-0.4, -0.2) is 31.1 Å². The number of nitrogens with zero attached hydrogens (tertiary/aromatic N) is 4. The number of amides is 1. The predicted octanol–water partition coefficient (Wildman–Crippen LogP) is 2.42. The number of thioether (sulfide) groups is 1. The first-order chi connectivity index (χ1) is 10.6. The van der Waals surface area contributed by atoms with Gasteiger partial charge in [0.1, 0.15) is 11.6 Å². The first-order valence-electron chi connectivity index (χ1n) is 7.46. The summed E-state index contributed by atoms with van der Waals surface area (Å²) in [6.45, 7) is 4.57. The van der Waals surface area contributed by atoms with Crippen molar-refractivity contribution in [2.45, 2.75) is 56.5 Å². The molecule has 1 aliphatic heterocycles. The smallest absolute Gasteiger partial charge is 0.238 e. The number of aryl methyl sites for hydroxylation is 2. The number of carbonyl (C=O) groups excluding carboxylic acids is 1. The molecular formula is C14H19N5O2S. The number of carbonyl (C=O) groups is 1. The van der Waals surface area contributed by atoms with Crippen molar-refractivity contribution in [3.05, 3.63) is 17.7 Å². The van der Waals surface area contributed by atoms with Gasteiger partial charge in [-0.05, 0) is 26.7 Å². The molecule has 0 spiro atoms. The Morgan fingerprint density at radius 2 is 2.27 bits per heavy atom. The maximum atomic E-state index is 12.2. The largest absolute Gasteiger partial charge is 0.360 e. The van der Waals surface area contributed by atoms with Crippen molar-refractivity contribution >= 4 is 23.5 Å². The molecule has 0 saturated heterocycles. The van der Waals surface area contributed by atoms with Gasteiger partial charge in [-0.1, -0.05) is 23.3 Å². The lowest BCUT2D eigenvalue weighted by molar-refractivity contribution is -0.115. The van der Waals surface area contributed by atoms with Crippen LogP contribution in [0.25, 0.3) is 0 Å². The summed E-state index contributed by atoms with van der Waals surface area (Å²) in [7, 11) is 0. The molecule has 0 bridgehead atoms. The number of hydrogen-bond donors (Lipinski definition) is 1. The van der Waals surface area contributed by atoms with Gasteiger partial charge in [0.15, 0.2) is 11.0 Å². The van der Waals surface area contributed by atoms with E-state index in [4.69, 9.17) is 4.52 Å². The topological polar surface area (TPSA) is 85.8 Å². The molecule has 0 aromatic carbocycles. The number of anilines is 1. The lowest BCUT2D eigenvalue weighted by Crippen LogP contribution is -2.23. The molecule has 0 radical (unpaired) electrons. The number of nitrogens with one attached hydrogen (secondary N) is 1. The normalized spacial score (nSPS) is 15.9. The first-order valence-corrected chi connectivity index (χ1v) is 8.34. The van der Waals surface area contributed by atoms with Crippen molar-refractivity contribution in [2.75, 3.05) is 5.32 Å². The molecule has 1 amide bonds. The Morgan fingerprint density at radius 1 is 1.41 bits per heavy atom. The van der Waals surface area contributed by atoms with Gasteiger partial charge in [0, 0.05) is 19.0 Å². The summed E-state index contributed by atoms with van der Waals surface area (Å²) < 4.78 is 7.08. The van der Waals surface area contributed by atoms with Crippen molar-refractivity contribution < 1.29 is 9.32 Å². The Morgan fingerprint density at radius 3 is 3.05 bits per heavy atom. The zero-order chi connectivity index (χ0) is 15.5. The minimum absolute atomic E-state index is 0.121. The van der Waals surface area contributed by atoms with Crippen molar-refractivity contribution in [1.29, 1.82) is 0 Å². The second-order valence-electron chi connectivity index (χ2n) is 5.43. The average molecular weight is 321 g/mol. The van der Waals surface area contributed by atoms with Gasteiger partial charge in [0.05, 0.1) is 5.25 Å². The van der Waals surface area contributed by atoms with E-state index in [2.05, 4.69) is 25.2 Å². The van der Waals surface area contributed by atoms with Crippen LogP contribution in [-0.2, 0) is 17.8 Å². The van der Waals surface area contributed by atoms with Crippen LogP contribution in [0.1, 0.15) is 37.8 Å². The molecule has 22 heavy (non-hydrogen) atoms. The standard InChI is InChI=1S/C14H19N5O2S/c1-9-8-11(18-21-9)15-13(20)10(2)22-14-17-16-12-6-4-3-5-7-19(12)14/h8,10H,3-7H2,1-2H3,(H,15,18,20)/t10-/m0/s1. The van der Waals surface area contributed by atoms with Crippen LogP contribution in [0.2, 0.25) is 0 Å². The van der Waals surface area contributed by atoms with Crippen molar-refractivity contribution in [3.8, 4) is 0 Å². The molecule has 1 aliphatic rings. The minimum Gasteiger partial charge on any atom is -0.360 e. The van der Waals surface area contributed by atoms with E-state index in [0.717, 1.165) is 36.8 Å².